The second kappa shape index (κ2) is 5.33. The summed E-state index contributed by atoms with van der Waals surface area (Å²) in [6.07, 6.45) is 0. The average molecular weight is 292 g/mol. The van der Waals surface area contributed by atoms with Crippen LogP contribution in [0.4, 0.5) is 10.3 Å². The lowest BCUT2D eigenvalue weighted by Gasteiger charge is -2.30. The van der Waals surface area contributed by atoms with Crippen LogP contribution in [0.2, 0.25) is 0 Å². The Morgan fingerprint density at radius 3 is 2.86 bits per heavy atom. The van der Waals surface area contributed by atoms with Gasteiger partial charge in [-0.1, -0.05) is 0 Å². The first-order chi connectivity index (χ1) is 10.1. The summed E-state index contributed by atoms with van der Waals surface area (Å²) in [5.74, 6) is -0.229. The number of hydrogen-bond donors (Lipinski definition) is 1. The number of benzene rings is 1. The van der Waals surface area contributed by atoms with Gasteiger partial charge in [0.2, 0.25) is 11.9 Å². The maximum atomic E-state index is 13.5. The van der Waals surface area contributed by atoms with Crippen LogP contribution in [0.1, 0.15) is 13.0 Å². The van der Waals surface area contributed by atoms with E-state index < -0.39 is 6.04 Å². The van der Waals surface area contributed by atoms with Gasteiger partial charge in [-0.15, -0.1) is 0 Å². The van der Waals surface area contributed by atoms with E-state index in [1.165, 1.54) is 12.1 Å². The molecule has 1 saturated heterocycles. The number of carbonyl (C=O) groups excluding carboxylic acids is 1. The van der Waals surface area contributed by atoms with Crippen LogP contribution in [0.15, 0.2) is 18.2 Å². The number of nitrogens with zero attached hydrogens (tertiary/aromatic N) is 3. The van der Waals surface area contributed by atoms with Gasteiger partial charge in [0.25, 0.3) is 0 Å². The highest BCUT2D eigenvalue weighted by molar-refractivity contribution is 5.85. The number of halogens is 1. The highest BCUT2D eigenvalue weighted by Crippen LogP contribution is 2.25. The van der Waals surface area contributed by atoms with Crippen molar-refractivity contribution in [1.82, 2.24) is 14.5 Å². The van der Waals surface area contributed by atoms with E-state index >= 15 is 0 Å². The van der Waals surface area contributed by atoms with Crippen molar-refractivity contribution < 1.29 is 13.9 Å². The molecule has 112 valence electrons. The Labute approximate surface area is 121 Å². The molecule has 21 heavy (non-hydrogen) atoms. The molecule has 1 aromatic heterocycles. The molecule has 6 nitrogen and oxygen atoms in total. The molecule has 1 aromatic carbocycles. The highest BCUT2D eigenvalue weighted by Gasteiger charge is 2.26. The second-order valence-electron chi connectivity index (χ2n) is 5.09. The number of hydrogen-bond acceptors (Lipinski definition) is 4. The number of imidazole rings is 1. The molecule has 0 spiro atoms. The number of aromatic nitrogens is 2. The van der Waals surface area contributed by atoms with E-state index in [2.05, 4.69) is 4.98 Å². The van der Waals surface area contributed by atoms with Crippen molar-refractivity contribution >= 4 is 22.9 Å². The van der Waals surface area contributed by atoms with Gasteiger partial charge in [-0.2, -0.15) is 0 Å². The van der Waals surface area contributed by atoms with Crippen molar-refractivity contribution in [2.75, 3.05) is 32.0 Å². The van der Waals surface area contributed by atoms with Crippen LogP contribution in [0.5, 0.6) is 0 Å². The van der Waals surface area contributed by atoms with Crippen molar-refractivity contribution in [1.29, 1.82) is 0 Å². The third-order valence-corrected chi connectivity index (χ3v) is 3.75. The zero-order chi connectivity index (χ0) is 15.0. The molecule has 0 aliphatic carbocycles. The van der Waals surface area contributed by atoms with Crippen LogP contribution in [-0.2, 0) is 9.53 Å². The Hall–Kier alpha value is -2.15. The van der Waals surface area contributed by atoms with Crippen molar-refractivity contribution in [3.8, 4) is 0 Å². The number of ether oxygens (including phenoxy) is 1. The fourth-order valence-corrected chi connectivity index (χ4v) is 2.65. The molecule has 3 rings (SSSR count). The molecular weight excluding hydrogens is 275 g/mol. The maximum Gasteiger partial charge on any atom is 0.245 e. The topological polar surface area (TPSA) is 73.4 Å². The highest BCUT2D eigenvalue weighted by atomic mass is 19.1. The molecular formula is C14H17FN4O2. The molecule has 1 aliphatic rings. The number of carbonyl (C=O) groups is 1. The molecule has 7 heteroatoms. The standard InChI is InChI=1S/C14H17FN4O2/c1-9(13(20)18-4-6-21-7-5-18)19-12-8-10(15)2-3-11(12)17-14(19)16/h2-3,8-9H,4-7H2,1H3,(H2,16,17). The minimum absolute atomic E-state index is 0.0615. The molecule has 1 unspecified atom stereocenters. The molecule has 0 bridgehead atoms. The number of anilines is 1. The molecule has 0 saturated carbocycles. The summed E-state index contributed by atoms with van der Waals surface area (Å²) in [5, 5.41) is 0. The van der Waals surface area contributed by atoms with E-state index in [1.54, 1.807) is 22.5 Å². The van der Waals surface area contributed by atoms with Gasteiger partial charge in [0.1, 0.15) is 11.9 Å². The Morgan fingerprint density at radius 2 is 2.14 bits per heavy atom. The number of nitrogens with two attached hydrogens (primary N) is 1. The minimum atomic E-state index is -0.533. The van der Waals surface area contributed by atoms with E-state index in [9.17, 15) is 9.18 Å². The van der Waals surface area contributed by atoms with E-state index in [0.717, 1.165) is 0 Å². The van der Waals surface area contributed by atoms with E-state index in [4.69, 9.17) is 10.5 Å². The summed E-state index contributed by atoms with van der Waals surface area (Å²) < 4.78 is 20.3. The average Bonchev–Trinajstić information content (AvgIpc) is 2.82. The first-order valence-electron chi connectivity index (χ1n) is 6.87. The molecule has 2 heterocycles. The van der Waals surface area contributed by atoms with Crippen LogP contribution in [0, 0.1) is 5.82 Å². The fourth-order valence-electron chi connectivity index (χ4n) is 2.65. The third-order valence-electron chi connectivity index (χ3n) is 3.75. The lowest BCUT2D eigenvalue weighted by Crippen LogP contribution is -2.43. The fraction of sp³-hybridized carbons (Fsp3) is 0.429. The van der Waals surface area contributed by atoms with E-state index in [-0.39, 0.29) is 17.7 Å². The van der Waals surface area contributed by atoms with Gasteiger partial charge in [-0.25, -0.2) is 9.37 Å². The molecule has 1 atom stereocenters. The third kappa shape index (κ3) is 2.44. The monoisotopic (exact) mass is 292 g/mol. The van der Waals surface area contributed by atoms with Gasteiger partial charge in [-0.3, -0.25) is 9.36 Å². The number of nitrogen functional groups attached to an aromatic ring is 1. The van der Waals surface area contributed by atoms with Crippen molar-refractivity contribution in [3.63, 3.8) is 0 Å². The molecule has 1 amide bonds. The molecule has 2 N–H and O–H groups in total. The minimum Gasteiger partial charge on any atom is -0.378 e. The van der Waals surface area contributed by atoms with Crippen molar-refractivity contribution in [3.05, 3.63) is 24.0 Å². The summed E-state index contributed by atoms with van der Waals surface area (Å²) in [6.45, 7) is 3.94. The van der Waals surface area contributed by atoms with Gasteiger partial charge >= 0.3 is 0 Å². The van der Waals surface area contributed by atoms with E-state index in [0.29, 0.717) is 37.3 Å². The molecule has 0 radical (unpaired) electrons. The SMILES string of the molecule is CC(C(=O)N1CCOCC1)n1c(N)nc2ccc(F)cc21. The van der Waals surface area contributed by atoms with Gasteiger partial charge in [0.15, 0.2) is 0 Å². The number of rotatable bonds is 2. The first kappa shape index (κ1) is 13.8. The van der Waals surface area contributed by atoms with Crippen LogP contribution in [0.25, 0.3) is 11.0 Å². The van der Waals surface area contributed by atoms with Crippen molar-refractivity contribution in [2.45, 2.75) is 13.0 Å². The van der Waals surface area contributed by atoms with Crippen molar-refractivity contribution in [2.24, 2.45) is 0 Å². The largest absolute Gasteiger partial charge is 0.378 e. The zero-order valence-electron chi connectivity index (χ0n) is 11.8. The summed E-state index contributed by atoms with van der Waals surface area (Å²) in [4.78, 5) is 18.5. The van der Waals surface area contributed by atoms with Gasteiger partial charge in [-0.05, 0) is 25.1 Å². The second-order valence-corrected chi connectivity index (χ2v) is 5.09. The summed E-state index contributed by atoms with van der Waals surface area (Å²) in [7, 11) is 0. The van der Waals surface area contributed by atoms with Gasteiger partial charge in [0, 0.05) is 13.1 Å². The predicted molar refractivity (Wildman–Crippen MR) is 76.2 cm³/mol. The van der Waals surface area contributed by atoms with Gasteiger partial charge < -0.3 is 15.4 Å². The zero-order valence-corrected chi connectivity index (χ0v) is 11.8. The maximum absolute atomic E-state index is 13.5. The summed E-state index contributed by atoms with van der Waals surface area (Å²) in [6, 6.07) is 3.70. The van der Waals surface area contributed by atoms with Crippen LogP contribution < -0.4 is 5.73 Å². The number of amides is 1. The van der Waals surface area contributed by atoms with E-state index in [1.807, 2.05) is 0 Å². The predicted octanol–water partition coefficient (Wildman–Crippen LogP) is 1.18. The number of morpholine rings is 1. The number of fused-ring (bicyclic) bond motifs is 1. The lowest BCUT2D eigenvalue weighted by molar-refractivity contribution is -0.138. The Bertz CT molecular complexity index is 679. The van der Waals surface area contributed by atoms with Crippen LogP contribution in [0.3, 0.4) is 0 Å². The lowest BCUT2D eigenvalue weighted by atomic mass is 10.2. The Morgan fingerprint density at radius 1 is 1.43 bits per heavy atom. The summed E-state index contributed by atoms with van der Waals surface area (Å²) >= 11 is 0. The molecule has 1 fully saturated rings. The Kier molecular flexibility index (Phi) is 3.50. The first-order valence-corrected chi connectivity index (χ1v) is 6.87. The normalized spacial score (nSPS) is 17.1. The van der Waals surface area contributed by atoms with Gasteiger partial charge in [0.05, 0.1) is 24.2 Å². The Balaban J connectivity index is 1.96. The van der Waals surface area contributed by atoms with Crippen LogP contribution >= 0.6 is 0 Å². The quantitative estimate of drug-likeness (QED) is 0.902. The smallest absolute Gasteiger partial charge is 0.245 e. The van der Waals surface area contributed by atoms with Crippen LogP contribution in [-0.4, -0.2) is 46.7 Å². The summed E-state index contributed by atoms with van der Waals surface area (Å²) in [5.41, 5.74) is 7.01. The molecule has 2 aromatic rings. The molecule has 1 aliphatic heterocycles.